The predicted octanol–water partition coefficient (Wildman–Crippen LogP) is 6.49. The molecule has 4 rings (SSSR count). The van der Waals surface area contributed by atoms with Crippen LogP contribution < -0.4 is 20.7 Å². The summed E-state index contributed by atoms with van der Waals surface area (Å²) in [4.78, 5) is 9.04. The van der Waals surface area contributed by atoms with Crippen molar-refractivity contribution >= 4 is 34.7 Å². The molecule has 0 radical (unpaired) electrons. The van der Waals surface area contributed by atoms with Crippen molar-refractivity contribution in [3.05, 3.63) is 64.3 Å². The van der Waals surface area contributed by atoms with Crippen LogP contribution in [0.25, 0.3) is 0 Å². The molecule has 1 aliphatic heterocycles. The van der Waals surface area contributed by atoms with Crippen LogP contribution in [0.3, 0.4) is 0 Å². The lowest BCUT2D eigenvalue weighted by Crippen LogP contribution is -2.28. The summed E-state index contributed by atoms with van der Waals surface area (Å²) < 4.78 is 6.19. The lowest BCUT2D eigenvalue weighted by molar-refractivity contribution is 0.243. The topological polar surface area (TPSA) is 71.1 Å². The van der Waals surface area contributed by atoms with Crippen molar-refractivity contribution in [2.75, 3.05) is 23.7 Å². The number of aromatic nitrogens is 2. The second-order valence-electron chi connectivity index (χ2n) is 8.87. The number of piperidine rings is 1. The Bertz CT molecular complexity index is 1110. The van der Waals surface area contributed by atoms with Gasteiger partial charge in [0, 0.05) is 12.2 Å². The lowest BCUT2D eigenvalue weighted by atomic mass is 9.88. The van der Waals surface area contributed by atoms with Crippen LogP contribution in [0, 0.1) is 13.8 Å². The van der Waals surface area contributed by atoms with Crippen molar-refractivity contribution in [2.45, 2.75) is 52.6 Å². The maximum absolute atomic E-state index is 6.39. The molecule has 6 nitrogen and oxygen atoms in total. The van der Waals surface area contributed by atoms with E-state index in [2.05, 4.69) is 45.0 Å². The van der Waals surface area contributed by atoms with Crippen molar-refractivity contribution in [3.63, 3.8) is 0 Å². The number of anilines is 4. The molecule has 174 valence electrons. The SMILES string of the molecule is Cc1ccccc1Nc1nc(Nc2cc(C)c(C3CCCNC3)cc2OC(C)C)ncc1Cl. The van der Waals surface area contributed by atoms with Crippen LogP contribution in [0.2, 0.25) is 5.02 Å². The van der Waals surface area contributed by atoms with Gasteiger partial charge in [0.2, 0.25) is 5.95 Å². The number of benzene rings is 2. The molecular weight excluding hydrogens is 434 g/mol. The zero-order valence-electron chi connectivity index (χ0n) is 19.7. The molecule has 0 bridgehead atoms. The predicted molar refractivity (Wildman–Crippen MR) is 137 cm³/mol. The number of hydrogen-bond donors (Lipinski definition) is 3. The Labute approximate surface area is 201 Å². The van der Waals surface area contributed by atoms with E-state index >= 15 is 0 Å². The second-order valence-corrected chi connectivity index (χ2v) is 9.28. The molecule has 0 saturated carbocycles. The fourth-order valence-electron chi connectivity index (χ4n) is 4.19. The van der Waals surface area contributed by atoms with Gasteiger partial charge in [0.15, 0.2) is 5.82 Å². The monoisotopic (exact) mass is 465 g/mol. The van der Waals surface area contributed by atoms with Gasteiger partial charge in [0.25, 0.3) is 0 Å². The Balaban J connectivity index is 1.63. The van der Waals surface area contributed by atoms with Crippen molar-refractivity contribution in [2.24, 2.45) is 0 Å². The van der Waals surface area contributed by atoms with Gasteiger partial charge in [-0.15, -0.1) is 0 Å². The molecule has 2 heterocycles. The summed E-state index contributed by atoms with van der Waals surface area (Å²) >= 11 is 6.39. The van der Waals surface area contributed by atoms with Gasteiger partial charge in [-0.2, -0.15) is 4.98 Å². The molecule has 33 heavy (non-hydrogen) atoms. The smallest absolute Gasteiger partial charge is 0.229 e. The minimum absolute atomic E-state index is 0.0509. The van der Waals surface area contributed by atoms with Crippen LogP contribution in [0.4, 0.5) is 23.1 Å². The highest BCUT2D eigenvalue weighted by Gasteiger charge is 2.20. The minimum Gasteiger partial charge on any atom is -0.489 e. The largest absolute Gasteiger partial charge is 0.489 e. The van der Waals surface area contributed by atoms with Gasteiger partial charge in [0.1, 0.15) is 10.8 Å². The maximum atomic E-state index is 6.39. The number of nitrogens with one attached hydrogen (secondary N) is 3. The summed E-state index contributed by atoms with van der Waals surface area (Å²) in [7, 11) is 0. The molecule has 1 saturated heterocycles. The van der Waals surface area contributed by atoms with Gasteiger partial charge >= 0.3 is 0 Å². The average molecular weight is 466 g/mol. The third-order valence-corrected chi connectivity index (χ3v) is 6.13. The zero-order chi connectivity index (χ0) is 23.4. The molecule has 1 aliphatic rings. The Kier molecular flexibility index (Phi) is 7.36. The molecule has 0 spiro atoms. The summed E-state index contributed by atoms with van der Waals surface area (Å²) in [6, 6.07) is 12.3. The normalized spacial score (nSPS) is 16.0. The summed E-state index contributed by atoms with van der Waals surface area (Å²) in [6.45, 7) is 10.4. The van der Waals surface area contributed by atoms with E-state index in [4.69, 9.17) is 16.3 Å². The highest BCUT2D eigenvalue weighted by molar-refractivity contribution is 6.32. The van der Waals surface area contributed by atoms with E-state index in [9.17, 15) is 0 Å². The molecule has 1 atom stereocenters. The molecule has 7 heteroatoms. The van der Waals surface area contributed by atoms with Crippen molar-refractivity contribution < 1.29 is 4.74 Å². The second kappa shape index (κ2) is 10.4. The molecule has 1 fully saturated rings. The molecular formula is C26H32ClN5O. The standard InChI is InChI=1S/C26H32ClN5O/c1-16(2)33-24-13-20(19-9-7-11-28-14-19)18(4)12-23(24)31-26-29-15-21(27)25(32-26)30-22-10-6-5-8-17(22)3/h5-6,8,10,12-13,15-16,19,28H,7,9,11,14H2,1-4H3,(H2,29,30,31,32). The zero-order valence-corrected chi connectivity index (χ0v) is 20.5. The number of aryl methyl sites for hydroxylation is 2. The van der Waals surface area contributed by atoms with E-state index in [1.165, 1.54) is 24.0 Å². The summed E-state index contributed by atoms with van der Waals surface area (Å²) in [6.07, 6.45) is 4.04. The number of ether oxygens (including phenoxy) is 1. The van der Waals surface area contributed by atoms with E-state index in [1.54, 1.807) is 6.20 Å². The Morgan fingerprint density at radius 3 is 2.64 bits per heavy atom. The Morgan fingerprint density at radius 2 is 1.91 bits per heavy atom. The number of rotatable bonds is 7. The fraction of sp³-hybridized carbons (Fsp3) is 0.385. The summed E-state index contributed by atoms with van der Waals surface area (Å²) in [5, 5.41) is 10.6. The van der Waals surface area contributed by atoms with E-state index in [1.807, 2.05) is 45.0 Å². The molecule has 2 aromatic carbocycles. The van der Waals surface area contributed by atoms with Gasteiger partial charge in [-0.1, -0.05) is 29.8 Å². The maximum Gasteiger partial charge on any atom is 0.229 e. The van der Waals surface area contributed by atoms with Gasteiger partial charge in [-0.25, -0.2) is 4.98 Å². The molecule has 0 amide bonds. The average Bonchev–Trinajstić information content (AvgIpc) is 2.79. The number of para-hydroxylation sites is 1. The molecule has 3 N–H and O–H groups in total. The van der Waals surface area contributed by atoms with Crippen molar-refractivity contribution in [1.82, 2.24) is 15.3 Å². The van der Waals surface area contributed by atoms with Crippen LogP contribution in [0.15, 0.2) is 42.6 Å². The van der Waals surface area contributed by atoms with Gasteiger partial charge < -0.3 is 20.7 Å². The van der Waals surface area contributed by atoms with Crippen molar-refractivity contribution in [3.8, 4) is 5.75 Å². The quantitative estimate of drug-likeness (QED) is 0.370. The number of nitrogens with zero attached hydrogens (tertiary/aromatic N) is 2. The van der Waals surface area contributed by atoms with Gasteiger partial charge in [-0.3, -0.25) is 0 Å². The van der Waals surface area contributed by atoms with Crippen molar-refractivity contribution in [1.29, 1.82) is 0 Å². The highest BCUT2D eigenvalue weighted by atomic mass is 35.5. The summed E-state index contributed by atoms with van der Waals surface area (Å²) in [5.41, 5.74) is 5.47. The number of halogens is 1. The Hall–Kier alpha value is -2.83. The van der Waals surface area contributed by atoms with E-state index in [0.29, 0.717) is 22.7 Å². The van der Waals surface area contributed by atoms with Gasteiger partial charge in [0.05, 0.1) is 18.0 Å². The van der Waals surface area contributed by atoms with Crippen LogP contribution in [-0.2, 0) is 0 Å². The minimum atomic E-state index is 0.0509. The highest BCUT2D eigenvalue weighted by Crippen LogP contribution is 2.36. The first kappa shape index (κ1) is 23.3. The third kappa shape index (κ3) is 5.75. The Morgan fingerprint density at radius 1 is 1.09 bits per heavy atom. The first-order valence-corrected chi connectivity index (χ1v) is 11.9. The van der Waals surface area contributed by atoms with E-state index in [-0.39, 0.29) is 6.10 Å². The molecule has 1 aromatic heterocycles. The van der Waals surface area contributed by atoms with Crippen LogP contribution in [-0.4, -0.2) is 29.2 Å². The van der Waals surface area contributed by atoms with Gasteiger partial charge in [-0.05, 0) is 87.9 Å². The first-order chi connectivity index (χ1) is 15.9. The molecule has 1 unspecified atom stereocenters. The third-order valence-electron chi connectivity index (χ3n) is 5.86. The molecule has 0 aliphatic carbocycles. The number of hydrogen-bond acceptors (Lipinski definition) is 6. The van der Waals surface area contributed by atoms with Crippen LogP contribution in [0.5, 0.6) is 5.75 Å². The van der Waals surface area contributed by atoms with Crippen LogP contribution >= 0.6 is 11.6 Å². The fourth-order valence-corrected chi connectivity index (χ4v) is 4.32. The molecule has 3 aromatic rings. The van der Waals surface area contributed by atoms with E-state index in [0.717, 1.165) is 35.8 Å². The lowest BCUT2D eigenvalue weighted by Gasteiger charge is -2.26. The first-order valence-electron chi connectivity index (χ1n) is 11.5. The van der Waals surface area contributed by atoms with E-state index < -0.39 is 0 Å². The van der Waals surface area contributed by atoms with Crippen LogP contribution in [0.1, 0.15) is 49.3 Å². The summed E-state index contributed by atoms with van der Waals surface area (Å²) in [5.74, 6) is 2.31.